The Hall–Kier alpha value is -1.06. The molecule has 0 radical (unpaired) electrons. The summed E-state index contributed by atoms with van der Waals surface area (Å²) in [5, 5.41) is 9.34. The topological polar surface area (TPSA) is 29.9 Å². The molecule has 0 atom stereocenters. The first kappa shape index (κ1) is 9.49. The van der Waals surface area contributed by atoms with Gasteiger partial charge in [-0.2, -0.15) is 5.10 Å². The Morgan fingerprint density at radius 1 is 1.50 bits per heavy atom. The molecule has 1 N–H and O–H groups in total. The second kappa shape index (κ2) is 3.98. The largest absolute Gasteiger partial charge is 0.318 e. The third-order valence-corrected chi connectivity index (χ3v) is 2.34. The van der Waals surface area contributed by atoms with Gasteiger partial charge in [0, 0.05) is 23.2 Å². The normalized spacial score (nSPS) is 11.0. The maximum Gasteiger partial charge on any atom is 0.0924 e. The minimum atomic E-state index is 0.755. The van der Waals surface area contributed by atoms with Crippen LogP contribution in [0.4, 0.5) is 0 Å². The number of fused-ring (bicyclic) bond motifs is 1. The van der Waals surface area contributed by atoms with Gasteiger partial charge < -0.3 is 5.32 Å². The molecule has 14 heavy (non-hydrogen) atoms. The first-order valence-electron chi connectivity index (χ1n) is 4.57. The van der Waals surface area contributed by atoms with Crippen molar-refractivity contribution in [2.24, 2.45) is 0 Å². The summed E-state index contributed by atoms with van der Waals surface area (Å²) in [6.45, 7) is 1.80. The quantitative estimate of drug-likeness (QED) is 0.837. The Bertz CT molecular complexity index is 436. The number of benzene rings is 1. The van der Waals surface area contributed by atoms with Crippen molar-refractivity contribution in [1.29, 1.82) is 0 Å². The highest BCUT2D eigenvalue weighted by atomic mass is 35.5. The Kier molecular flexibility index (Phi) is 2.70. The van der Waals surface area contributed by atoms with Gasteiger partial charge in [-0.1, -0.05) is 11.6 Å². The van der Waals surface area contributed by atoms with Crippen molar-refractivity contribution in [2.75, 3.05) is 13.6 Å². The van der Waals surface area contributed by atoms with Gasteiger partial charge in [0.1, 0.15) is 0 Å². The van der Waals surface area contributed by atoms with E-state index in [9.17, 15) is 0 Å². The summed E-state index contributed by atoms with van der Waals surface area (Å²) in [4.78, 5) is 0. The van der Waals surface area contributed by atoms with E-state index in [-0.39, 0.29) is 0 Å². The zero-order valence-electron chi connectivity index (χ0n) is 8.00. The van der Waals surface area contributed by atoms with Crippen LogP contribution in [-0.2, 0) is 6.54 Å². The summed E-state index contributed by atoms with van der Waals surface area (Å²) in [5.41, 5.74) is 0.991. The molecule has 0 aliphatic heterocycles. The number of nitrogens with zero attached hydrogens (tertiary/aromatic N) is 2. The van der Waals surface area contributed by atoms with Gasteiger partial charge in [0.05, 0.1) is 12.1 Å². The summed E-state index contributed by atoms with van der Waals surface area (Å²) in [5.74, 6) is 0. The van der Waals surface area contributed by atoms with E-state index >= 15 is 0 Å². The van der Waals surface area contributed by atoms with E-state index in [2.05, 4.69) is 10.4 Å². The molecule has 3 nitrogen and oxygen atoms in total. The lowest BCUT2D eigenvalue weighted by molar-refractivity contribution is 0.590. The third kappa shape index (κ3) is 1.89. The number of likely N-dealkylation sites (N-methyl/N-ethyl adjacent to an activating group) is 1. The summed E-state index contributed by atoms with van der Waals surface area (Å²) in [7, 11) is 1.93. The van der Waals surface area contributed by atoms with E-state index in [1.807, 2.05) is 36.1 Å². The van der Waals surface area contributed by atoms with Crippen molar-refractivity contribution in [2.45, 2.75) is 6.54 Å². The molecule has 0 spiro atoms. The lowest BCUT2D eigenvalue weighted by atomic mass is 10.3. The van der Waals surface area contributed by atoms with Crippen LogP contribution < -0.4 is 5.32 Å². The highest BCUT2D eigenvalue weighted by molar-refractivity contribution is 6.31. The van der Waals surface area contributed by atoms with Crippen LogP contribution in [0.1, 0.15) is 0 Å². The van der Waals surface area contributed by atoms with Crippen LogP contribution in [0.15, 0.2) is 24.4 Å². The minimum absolute atomic E-state index is 0.755. The fourth-order valence-corrected chi connectivity index (χ4v) is 1.57. The number of halogens is 1. The van der Waals surface area contributed by atoms with Crippen LogP contribution in [-0.4, -0.2) is 23.4 Å². The fourth-order valence-electron chi connectivity index (χ4n) is 1.39. The van der Waals surface area contributed by atoms with Crippen molar-refractivity contribution >= 4 is 22.5 Å². The molecule has 2 rings (SSSR count). The van der Waals surface area contributed by atoms with Crippen molar-refractivity contribution < 1.29 is 0 Å². The molecule has 2 aromatic rings. The maximum absolute atomic E-state index is 5.88. The van der Waals surface area contributed by atoms with Gasteiger partial charge in [0.15, 0.2) is 0 Å². The number of nitrogens with one attached hydrogen (secondary N) is 1. The molecule has 1 heterocycles. The standard InChI is InChI=1S/C10H12ClN3/c1-12-4-5-14-7-8-6-9(11)2-3-10(8)13-14/h2-3,6-7,12H,4-5H2,1H3. The molecular weight excluding hydrogens is 198 g/mol. The minimum Gasteiger partial charge on any atom is -0.318 e. The first-order valence-corrected chi connectivity index (χ1v) is 4.95. The molecule has 0 saturated heterocycles. The molecule has 0 unspecified atom stereocenters. The van der Waals surface area contributed by atoms with Crippen LogP contribution in [0, 0.1) is 0 Å². The van der Waals surface area contributed by atoms with Crippen molar-refractivity contribution in [1.82, 2.24) is 15.1 Å². The van der Waals surface area contributed by atoms with Crippen molar-refractivity contribution in [3.8, 4) is 0 Å². The van der Waals surface area contributed by atoms with Gasteiger partial charge in [0.25, 0.3) is 0 Å². The molecule has 4 heteroatoms. The van der Waals surface area contributed by atoms with Crippen LogP contribution in [0.2, 0.25) is 5.02 Å². The fraction of sp³-hybridized carbons (Fsp3) is 0.300. The Labute approximate surface area is 87.7 Å². The highest BCUT2D eigenvalue weighted by Crippen LogP contribution is 2.17. The SMILES string of the molecule is CNCCn1cc2cc(Cl)ccc2n1. The van der Waals surface area contributed by atoms with Gasteiger partial charge >= 0.3 is 0 Å². The van der Waals surface area contributed by atoms with E-state index in [0.29, 0.717) is 0 Å². The lowest BCUT2D eigenvalue weighted by Crippen LogP contribution is -2.14. The predicted molar refractivity (Wildman–Crippen MR) is 58.7 cm³/mol. The Balaban J connectivity index is 2.32. The van der Waals surface area contributed by atoms with Gasteiger partial charge in [0.2, 0.25) is 0 Å². The van der Waals surface area contributed by atoms with Crippen LogP contribution >= 0.6 is 11.6 Å². The number of rotatable bonds is 3. The van der Waals surface area contributed by atoms with E-state index < -0.39 is 0 Å². The molecular formula is C10H12ClN3. The predicted octanol–water partition coefficient (Wildman–Crippen LogP) is 1.91. The summed E-state index contributed by atoms with van der Waals surface area (Å²) in [6, 6.07) is 5.73. The van der Waals surface area contributed by atoms with Crippen LogP contribution in [0.3, 0.4) is 0 Å². The van der Waals surface area contributed by atoms with Crippen molar-refractivity contribution in [3.05, 3.63) is 29.4 Å². The van der Waals surface area contributed by atoms with Gasteiger partial charge in [-0.3, -0.25) is 4.68 Å². The molecule has 1 aromatic heterocycles. The number of hydrogen-bond acceptors (Lipinski definition) is 2. The second-order valence-electron chi connectivity index (χ2n) is 3.20. The molecule has 0 bridgehead atoms. The van der Waals surface area contributed by atoms with E-state index in [1.165, 1.54) is 0 Å². The zero-order valence-corrected chi connectivity index (χ0v) is 8.75. The molecule has 0 fully saturated rings. The highest BCUT2D eigenvalue weighted by Gasteiger charge is 2.00. The monoisotopic (exact) mass is 209 g/mol. The average molecular weight is 210 g/mol. The average Bonchev–Trinajstić information content (AvgIpc) is 2.56. The van der Waals surface area contributed by atoms with Crippen LogP contribution in [0.5, 0.6) is 0 Å². The van der Waals surface area contributed by atoms with Gasteiger partial charge in [-0.05, 0) is 25.2 Å². The Morgan fingerprint density at radius 3 is 3.14 bits per heavy atom. The summed E-state index contributed by atoms with van der Waals surface area (Å²) >= 11 is 5.88. The van der Waals surface area contributed by atoms with Crippen molar-refractivity contribution in [3.63, 3.8) is 0 Å². The van der Waals surface area contributed by atoms with Gasteiger partial charge in [-0.15, -0.1) is 0 Å². The summed E-state index contributed by atoms with van der Waals surface area (Å²) in [6.07, 6.45) is 2.01. The van der Waals surface area contributed by atoms with Crippen LogP contribution in [0.25, 0.3) is 10.9 Å². The third-order valence-electron chi connectivity index (χ3n) is 2.10. The second-order valence-corrected chi connectivity index (χ2v) is 3.64. The smallest absolute Gasteiger partial charge is 0.0924 e. The zero-order chi connectivity index (χ0) is 9.97. The molecule has 0 amide bonds. The van der Waals surface area contributed by atoms with Gasteiger partial charge in [-0.25, -0.2) is 0 Å². The number of aromatic nitrogens is 2. The first-order chi connectivity index (χ1) is 6.79. The summed E-state index contributed by atoms with van der Waals surface area (Å²) < 4.78 is 1.93. The maximum atomic E-state index is 5.88. The van der Waals surface area contributed by atoms with E-state index in [1.54, 1.807) is 0 Å². The molecule has 0 saturated carbocycles. The molecule has 74 valence electrons. The van der Waals surface area contributed by atoms with E-state index in [0.717, 1.165) is 29.0 Å². The number of hydrogen-bond donors (Lipinski definition) is 1. The molecule has 0 aliphatic rings. The lowest BCUT2D eigenvalue weighted by Gasteiger charge is -1.97. The Morgan fingerprint density at radius 2 is 2.36 bits per heavy atom. The molecule has 0 aliphatic carbocycles. The van der Waals surface area contributed by atoms with E-state index in [4.69, 9.17) is 11.6 Å². The molecule has 1 aromatic carbocycles.